The van der Waals surface area contributed by atoms with E-state index in [4.69, 9.17) is 0 Å². The van der Waals surface area contributed by atoms with Crippen molar-refractivity contribution in [2.24, 2.45) is 0 Å². The molecule has 0 unspecified atom stereocenters. The third-order valence-corrected chi connectivity index (χ3v) is 5.18. The van der Waals surface area contributed by atoms with E-state index in [1.807, 2.05) is 0 Å². The van der Waals surface area contributed by atoms with Gasteiger partial charge in [-0.2, -0.15) is 0 Å². The van der Waals surface area contributed by atoms with Gasteiger partial charge in [0.1, 0.15) is 0 Å². The van der Waals surface area contributed by atoms with E-state index in [1.54, 1.807) is 0 Å². The van der Waals surface area contributed by atoms with Gasteiger partial charge in [-0.25, -0.2) is 0 Å². The van der Waals surface area contributed by atoms with Crippen LogP contribution in [0.4, 0.5) is 0 Å². The van der Waals surface area contributed by atoms with E-state index in [9.17, 15) is 0 Å². The number of hydrogen-bond donors (Lipinski definition) is 0. The first-order chi connectivity index (χ1) is 11.8. The van der Waals surface area contributed by atoms with Crippen molar-refractivity contribution in [1.82, 2.24) is 14.7 Å². The van der Waals surface area contributed by atoms with Crippen LogP contribution >= 0.6 is 0 Å². The van der Waals surface area contributed by atoms with Gasteiger partial charge in [-0.05, 0) is 19.3 Å². The van der Waals surface area contributed by atoms with Gasteiger partial charge in [0.2, 0.25) is 0 Å². The van der Waals surface area contributed by atoms with Crippen LogP contribution in [0.25, 0.3) is 0 Å². The molecule has 0 aromatic rings. The van der Waals surface area contributed by atoms with Crippen LogP contribution in [0.3, 0.4) is 0 Å². The Balaban J connectivity index is 2.33. The second kappa shape index (κ2) is 15.2. The van der Waals surface area contributed by atoms with Crippen LogP contribution in [-0.2, 0) is 0 Å². The maximum atomic E-state index is 2.69. The quantitative estimate of drug-likeness (QED) is 0.364. The smallest absolute Gasteiger partial charge is 0.0529 e. The first kappa shape index (κ1) is 21.9. The van der Waals surface area contributed by atoms with Crippen LogP contribution in [-0.4, -0.2) is 54.3 Å². The SMILES string of the molecule is CCCCCCN1CN(CCCCCC)CN(CCCCCC)C1. The summed E-state index contributed by atoms with van der Waals surface area (Å²) in [5, 5.41) is 0. The molecule has 0 bridgehead atoms. The second-order valence-corrected chi connectivity index (χ2v) is 7.79. The lowest BCUT2D eigenvalue weighted by Gasteiger charge is -2.42. The summed E-state index contributed by atoms with van der Waals surface area (Å²) in [6, 6.07) is 0. The second-order valence-electron chi connectivity index (χ2n) is 7.79. The Morgan fingerprint density at radius 1 is 0.417 bits per heavy atom. The normalized spacial score (nSPS) is 17.6. The number of nitrogens with zero attached hydrogens (tertiary/aromatic N) is 3. The highest BCUT2D eigenvalue weighted by atomic mass is 15.5. The van der Waals surface area contributed by atoms with Gasteiger partial charge in [0.25, 0.3) is 0 Å². The zero-order chi connectivity index (χ0) is 17.5. The lowest BCUT2D eigenvalue weighted by Crippen LogP contribution is -2.55. The molecule has 0 aromatic carbocycles. The molecule has 1 rings (SSSR count). The predicted octanol–water partition coefficient (Wildman–Crippen LogP) is 5.52. The Morgan fingerprint density at radius 3 is 0.958 bits per heavy atom. The van der Waals surface area contributed by atoms with Crippen molar-refractivity contribution in [3.63, 3.8) is 0 Å². The molecule has 1 fully saturated rings. The molecule has 0 aliphatic carbocycles. The first-order valence-electron chi connectivity index (χ1n) is 11.0. The molecule has 1 aliphatic rings. The lowest BCUT2D eigenvalue weighted by atomic mass is 10.2. The zero-order valence-electron chi connectivity index (χ0n) is 17.1. The largest absolute Gasteiger partial charge is 0.277 e. The summed E-state index contributed by atoms with van der Waals surface area (Å²) in [6.45, 7) is 14.4. The predicted molar refractivity (Wildman–Crippen MR) is 107 cm³/mol. The van der Waals surface area contributed by atoms with Crippen LogP contribution in [0, 0.1) is 0 Å². The van der Waals surface area contributed by atoms with Crippen LogP contribution in [0.1, 0.15) is 97.8 Å². The van der Waals surface area contributed by atoms with Gasteiger partial charge in [0, 0.05) is 19.6 Å². The van der Waals surface area contributed by atoms with E-state index < -0.39 is 0 Å². The maximum Gasteiger partial charge on any atom is 0.0529 e. The molecule has 1 aliphatic heterocycles. The van der Waals surface area contributed by atoms with Gasteiger partial charge < -0.3 is 0 Å². The van der Waals surface area contributed by atoms with Gasteiger partial charge in [-0.15, -0.1) is 0 Å². The van der Waals surface area contributed by atoms with E-state index >= 15 is 0 Å². The van der Waals surface area contributed by atoms with E-state index in [1.165, 1.54) is 117 Å². The first-order valence-corrected chi connectivity index (χ1v) is 11.0. The topological polar surface area (TPSA) is 9.72 Å². The molecular formula is C21H45N3. The fraction of sp³-hybridized carbons (Fsp3) is 1.00. The molecule has 1 saturated heterocycles. The van der Waals surface area contributed by atoms with Gasteiger partial charge in [0.05, 0.1) is 20.0 Å². The monoisotopic (exact) mass is 339 g/mol. The van der Waals surface area contributed by atoms with E-state index in [2.05, 4.69) is 35.5 Å². The summed E-state index contributed by atoms with van der Waals surface area (Å²) in [5.74, 6) is 0. The van der Waals surface area contributed by atoms with Crippen molar-refractivity contribution in [3.05, 3.63) is 0 Å². The Bertz CT molecular complexity index is 221. The van der Waals surface area contributed by atoms with Crippen molar-refractivity contribution in [1.29, 1.82) is 0 Å². The molecule has 0 atom stereocenters. The van der Waals surface area contributed by atoms with Crippen LogP contribution in [0.2, 0.25) is 0 Å². The molecule has 144 valence electrons. The van der Waals surface area contributed by atoms with Crippen molar-refractivity contribution in [3.8, 4) is 0 Å². The van der Waals surface area contributed by atoms with Crippen molar-refractivity contribution >= 4 is 0 Å². The van der Waals surface area contributed by atoms with Gasteiger partial charge in [-0.3, -0.25) is 14.7 Å². The van der Waals surface area contributed by atoms with Crippen molar-refractivity contribution in [2.45, 2.75) is 97.8 Å². The molecule has 0 N–H and O–H groups in total. The summed E-state index contributed by atoms with van der Waals surface area (Å²) in [6.07, 6.45) is 16.6. The van der Waals surface area contributed by atoms with Gasteiger partial charge in [0.15, 0.2) is 0 Å². The molecule has 3 nitrogen and oxygen atoms in total. The number of rotatable bonds is 15. The average molecular weight is 340 g/mol. The highest BCUT2D eigenvalue weighted by Crippen LogP contribution is 2.13. The van der Waals surface area contributed by atoms with E-state index in [0.29, 0.717) is 0 Å². The van der Waals surface area contributed by atoms with Crippen LogP contribution in [0.15, 0.2) is 0 Å². The molecule has 24 heavy (non-hydrogen) atoms. The molecule has 0 spiro atoms. The van der Waals surface area contributed by atoms with Gasteiger partial charge in [-0.1, -0.05) is 78.6 Å². The molecule has 0 radical (unpaired) electrons. The minimum absolute atomic E-state index is 1.20. The minimum atomic E-state index is 1.20. The number of unbranched alkanes of at least 4 members (excludes halogenated alkanes) is 9. The maximum absolute atomic E-state index is 2.69. The summed E-state index contributed by atoms with van der Waals surface area (Å²) in [5.41, 5.74) is 0. The van der Waals surface area contributed by atoms with E-state index in [0.717, 1.165) is 0 Å². The molecule has 3 heteroatoms. The molecule has 0 amide bonds. The summed E-state index contributed by atoms with van der Waals surface area (Å²) in [4.78, 5) is 8.08. The van der Waals surface area contributed by atoms with Crippen LogP contribution in [0.5, 0.6) is 0 Å². The molecule has 1 heterocycles. The molecule has 0 saturated carbocycles. The summed E-state index contributed by atoms with van der Waals surface area (Å²) in [7, 11) is 0. The highest BCUT2D eigenvalue weighted by molar-refractivity contribution is 4.70. The zero-order valence-corrected chi connectivity index (χ0v) is 17.1. The summed E-state index contributed by atoms with van der Waals surface area (Å²) >= 11 is 0. The highest BCUT2D eigenvalue weighted by Gasteiger charge is 2.22. The third kappa shape index (κ3) is 10.7. The fourth-order valence-electron chi connectivity index (χ4n) is 3.69. The average Bonchev–Trinajstić information content (AvgIpc) is 2.59. The molecule has 0 aromatic heterocycles. The van der Waals surface area contributed by atoms with Crippen molar-refractivity contribution in [2.75, 3.05) is 39.6 Å². The van der Waals surface area contributed by atoms with Crippen LogP contribution < -0.4 is 0 Å². The van der Waals surface area contributed by atoms with Crippen molar-refractivity contribution < 1.29 is 0 Å². The third-order valence-electron chi connectivity index (χ3n) is 5.18. The number of hydrogen-bond acceptors (Lipinski definition) is 3. The van der Waals surface area contributed by atoms with Gasteiger partial charge >= 0.3 is 0 Å². The fourth-order valence-corrected chi connectivity index (χ4v) is 3.69. The molecular weight excluding hydrogens is 294 g/mol. The Kier molecular flexibility index (Phi) is 13.8. The minimum Gasteiger partial charge on any atom is -0.277 e. The Hall–Kier alpha value is -0.120. The van der Waals surface area contributed by atoms with E-state index in [-0.39, 0.29) is 0 Å². The summed E-state index contributed by atoms with van der Waals surface area (Å²) < 4.78 is 0. The lowest BCUT2D eigenvalue weighted by molar-refractivity contribution is -0.0311. The Morgan fingerprint density at radius 2 is 0.708 bits per heavy atom. The standard InChI is InChI=1S/C21H45N3/c1-4-7-10-13-16-22-19-23(17-14-11-8-5-2)21-24(20-22)18-15-12-9-6-3/h4-21H2,1-3H3. The Labute approximate surface area is 152 Å².